The Labute approximate surface area is 114 Å². The molecule has 3 N–H and O–H groups in total. The van der Waals surface area contributed by atoms with Crippen LogP contribution in [0.25, 0.3) is 0 Å². The summed E-state index contributed by atoms with van der Waals surface area (Å²) < 4.78 is 0. The maximum Gasteiger partial charge on any atom is 0.315 e. The summed E-state index contributed by atoms with van der Waals surface area (Å²) in [5, 5.41) is 14.3. The highest BCUT2D eigenvalue weighted by atomic mass is 16.4. The van der Waals surface area contributed by atoms with Gasteiger partial charge in [0.25, 0.3) is 0 Å². The first-order valence-electron chi connectivity index (χ1n) is 7.41. The van der Waals surface area contributed by atoms with Crippen LogP contribution in [-0.2, 0) is 4.79 Å². The van der Waals surface area contributed by atoms with E-state index in [1.54, 1.807) is 0 Å². The van der Waals surface area contributed by atoms with Gasteiger partial charge in [-0.1, -0.05) is 19.3 Å². The molecule has 108 valence electrons. The molecular formula is C14H24N2O3. The van der Waals surface area contributed by atoms with Gasteiger partial charge in [-0.25, -0.2) is 4.79 Å². The fourth-order valence-corrected chi connectivity index (χ4v) is 3.51. The Morgan fingerprint density at radius 1 is 1.11 bits per heavy atom. The van der Waals surface area contributed by atoms with Gasteiger partial charge in [-0.2, -0.15) is 0 Å². The standard InChI is InChI=1S/C14H24N2O3/c17-13(18)5-2-8-15-14(19)16-12-7-6-10-3-1-4-11(10)9-12/h10-12H,1-9H2,(H,17,18)(H2,15,16,19). The molecule has 0 heterocycles. The highest BCUT2D eigenvalue weighted by molar-refractivity contribution is 5.74. The van der Waals surface area contributed by atoms with Crippen LogP contribution in [0.1, 0.15) is 51.4 Å². The van der Waals surface area contributed by atoms with Gasteiger partial charge in [0.2, 0.25) is 0 Å². The second kappa shape index (κ2) is 6.78. The number of fused-ring (bicyclic) bond motifs is 1. The van der Waals surface area contributed by atoms with Crippen LogP contribution in [0.4, 0.5) is 4.79 Å². The Hall–Kier alpha value is -1.26. The minimum absolute atomic E-state index is 0.105. The lowest BCUT2D eigenvalue weighted by Crippen LogP contribution is -2.45. The minimum Gasteiger partial charge on any atom is -0.481 e. The highest BCUT2D eigenvalue weighted by Gasteiger charge is 2.34. The van der Waals surface area contributed by atoms with Gasteiger partial charge in [-0.15, -0.1) is 0 Å². The first-order valence-corrected chi connectivity index (χ1v) is 7.41. The van der Waals surface area contributed by atoms with Crippen LogP contribution in [0.2, 0.25) is 0 Å². The molecule has 0 aromatic rings. The molecule has 0 radical (unpaired) electrons. The van der Waals surface area contributed by atoms with Crippen LogP contribution in [0.15, 0.2) is 0 Å². The summed E-state index contributed by atoms with van der Waals surface area (Å²) in [6, 6.07) is 0.158. The lowest BCUT2D eigenvalue weighted by molar-refractivity contribution is -0.137. The van der Waals surface area contributed by atoms with Crippen molar-refractivity contribution in [1.29, 1.82) is 0 Å². The molecule has 3 atom stereocenters. The van der Waals surface area contributed by atoms with E-state index in [0.29, 0.717) is 19.0 Å². The van der Waals surface area contributed by atoms with Gasteiger partial charge >= 0.3 is 12.0 Å². The van der Waals surface area contributed by atoms with Crippen LogP contribution < -0.4 is 10.6 Å². The van der Waals surface area contributed by atoms with E-state index < -0.39 is 5.97 Å². The molecule has 0 spiro atoms. The van der Waals surface area contributed by atoms with E-state index >= 15 is 0 Å². The number of hydrogen-bond acceptors (Lipinski definition) is 2. The zero-order valence-electron chi connectivity index (χ0n) is 11.4. The summed E-state index contributed by atoms with van der Waals surface area (Å²) in [5.41, 5.74) is 0. The molecule has 2 aliphatic carbocycles. The topological polar surface area (TPSA) is 78.4 Å². The molecule has 19 heavy (non-hydrogen) atoms. The third-order valence-corrected chi connectivity index (χ3v) is 4.48. The summed E-state index contributed by atoms with van der Waals surface area (Å²) in [7, 11) is 0. The maximum atomic E-state index is 11.7. The number of nitrogens with one attached hydrogen (secondary N) is 2. The Morgan fingerprint density at radius 2 is 1.89 bits per heavy atom. The number of carbonyl (C=O) groups is 2. The van der Waals surface area contributed by atoms with Crippen molar-refractivity contribution in [3.63, 3.8) is 0 Å². The zero-order chi connectivity index (χ0) is 13.7. The second-order valence-electron chi connectivity index (χ2n) is 5.86. The number of amides is 2. The van der Waals surface area contributed by atoms with Gasteiger partial charge in [0, 0.05) is 19.0 Å². The minimum atomic E-state index is -0.818. The normalized spacial score (nSPS) is 29.6. The van der Waals surface area contributed by atoms with Crippen molar-refractivity contribution in [2.45, 2.75) is 57.4 Å². The fourth-order valence-electron chi connectivity index (χ4n) is 3.51. The largest absolute Gasteiger partial charge is 0.481 e. The van der Waals surface area contributed by atoms with Crippen LogP contribution >= 0.6 is 0 Å². The number of hydrogen-bond donors (Lipinski definition) is 3. The van der Waals surface area contributed by atoms with E-state index in [4.69, 9.17) is 5.11 Å². The van der Waals surface area contributed by atoms with E-state index in [0.717, 1.165) is 24.7 Å². The van der Waals surface area contributed by atoms with Crippen molar-refractivity contribution in [3.8, 4) is 0 Å². The predicted molar refractivity (Wildman–Crippen MR) is 71.9 cm³/mol. The van der Waals surface area contributed by atoms with E-state index in [1.165, 1.54) is 25.7 Å². The van der Waals surface area contributed by atoms with Gasteiger partial charge in [0.15, 0.2) is 0 Å². The van der Waals surface area contributed by atoms with Crippen molar-refractivity contribution in [3.05, 3.63) is 0 Å². The Balaban J connectivity index is 1.61. The summed E-state index contributed by atoms with van der Waals surface area (Å²) in [5.74, 6) is 0.893. The molecule has 0 bridgehead atoms. The summed E-state index contributed by atoms with van der Waals surface area (Å²) >= 11 is 0. The average molecular weight is 268 g/mol. The van der Waals surface area contributed by atoms with Crippen molar-refractivity contribution in [1.82, 2.24) is 10.6 Å². The van der Waals surface area contributed by atoms with Crippen LogP contribution in [0.5, 0.6) is 0 Å². The SMILES string of the molecule is O=C(O)CCCNC(=O)NC1CCC2CCCC2C1. The molecule has 0 saturated heterocycles. The lowest BCUT2D eigenvalue weighted by atomic mass is 9.79. The second-order valence-corrected chi connectivity index (χ2v) is 5.86. The first-order chi connectivity index (χ1) is 9.15. The molecule has 0 aliphatic heterocycles. The smallest absolute Gasteiger partial charge is 0.315 e. The Morgan fingerprint density at radius 3 is 2.68 bits per heavy atom. The van der Waals surface area contributed by atoms with Crippen LogP contribution in [0.3, 0.4) is 0 Å². The van der Waals surface area contributed by atoms with Gasteiger partial charge < -0.3 is 15.7 Å². The van der Waals surface area contributed by atoms with Crippen LogP contribution in [0, 0.1) is 11.8 Å². The van der Waals surface area contributed by atoms with Gasteiger partial charge in [-0.05, 0) is 37.5 Å². The molecular weight excluding hydrogens is 244 g/mol. The van der Waals surface area contributed by atoms with E-state index in [1.807, 2.05) is 0 Å². The molecule has 5 heteroatoms. The lowest BCUT2D eigenvalue weighted by Gasteiger charge is -2.32. The monoisotopic (exact) mass is 268 g/mol. The van der Waals surface area contributed by atoms with Crippen molar-refractivity contribution in [2.75, 3.05) is 6.54 Å². The Bertz CT molecular complexity index is 333. The number of rotatable bonds is 5. The van der Waals surface area contributed by atoms with E-state index in [9.17, 15) is 9.59 Å². The van der Waals surface area contributed by atoms with Crippen molar-refractivity contribution < 1.29 is 14.7 Å². The molecule has 2 fully saturated rings. The fraction of sp³-hybridized carbons (Fsp3) is 0.857. The molecule has 5 nitrogen and oxygen atoms in total. The molecule has 2 amide bonds. The quantitative estimate of drug-likeness (QED) is 0.668. The van der Waals surface area contributed by atoms with Gasteiger partial charge in [-0.3, -0.25) is 4.79 Å². The molecule has 2 saturated carbocycles. The predicted octanol–water partition coefficient (Wildman–Crippen LogP) is 2.12. The molecule has 3 unspecified atom stereocenters. The molecule has 0 aromatic carbocycles. The third kappa shape index (κ3) is 4.40. The number of carboxylic acid groups (broad SMARTS) is 1. The number of carboxylic acids is 1. The van der Waals surface area contributed by atoms with Gasteiger partial charge in [0.05, 0.1) is 0 Å². The number of carbonyl (C=O) groups excluding carboxylic acids is 1. The van der Waals surface area contributed by atoms with Crippen molar-refractivity contribution >= 4 is 12.0 Å². The summed E-state index contributed by atoms with van der Waals surface area (Å²) in [6.45, 7) is 0.427. The van der Waals surface area contributed by atoms with Crippen LogP contribution in [-0.4, -0.2) is 29.7 Å². The summed E-state index contributed by atoms with van der Waals surface area (Å²) in [6.07, 6.45) is 8.09. The number of urea groups is 1. The van der Waals surface area contributed by atoms with E-state index in [2.05, 4.69) is 10.6 Å². The van der Waals surface area contributed by atoms with E-state index in [-0.39, 0.29) is 12.5 Å². The highest BCUT2D eigenvalue weighted by Crippen LogP contribution is 2.41. The average Bonchev–Trinajstić information content (AvgIpc) is 2.82. The zero-order valence-corrected chi connectivity index (χ0v) is 11.4. The number of aliphatic carboxylic acids is 1. The van der Waals surface area contributed by atoms with Crippen molar-refractivity contribution in [2.24, 2.45) is 11.8 Å². The molecule has 2 rings (SSSR count). The molecule has 2 aliphatic rings. The third-order valence-electron chi connectivity index (χ3n) is 4.48. The summed E-state index contributed by atoms with van der Waals surface area (Å²) in [4.78, 5) is 22.0. The Kier molecular flexibility index (Phi) is 5.05. The molecule has 0 aromatic heterocycles. The van der Waals surface area contributed by atoms with Gasteiger partial charge in [0.1, 0.15) is 0 Å². The first kappa shape index (κ1) is 14.2. The maximum absolute atomic E-state index is 11.7.